The summed E-state index contributed by atoms with van der Waals surface area (Å²) in [7, 11) is 1.81. The SMILES string of the molecule is CN=C(NCCCN1CCCCC1C)NCc1ncccc1C.I. The van der Waals surface area contributed by atoms with Crippen molar-refractivity contribution in [2.24, 2.45) is 4.99 Å². The number of nitrogens with zero attached hydrogens (tertiary/aromatic N) is 3. The van der Waals surface area contributed by atoms with Crippen LogP contribution in [0.1, 0.15) is 43.9 Å². The van der Waals surface area contributed by atoms with Crippen LogP contribution in [0.3, 0.4) is 0 Å². The van der Waals surface area contributed by atoms with E-state index in [0.29, 0.717) is 6.54 Å². The zero-order chi connectivity index (χ0) is 16.5. The summed E-state index contributed by atoms with van der Waals surface area (Å²) in [5, 5.41) is 6.73. The number of guanidine groups is 1. The highest BCUT2D eigenvalue weighted by molar-refractivity contribution is 14.0. The molecular formula is C18H32IN5. The van der Waals surface area contributed by atoms with Crippen molar-refractivity contribution in [1.82, 2.24) is 20.5 Å². The van der Waals surface area contributed by atoms with Gasteiger partial charge in [0.2, 0.25) is 0 Å². The average molecular weight is 445 g/mol. The van der Waals surface area contributed by atoms with E-state index in [1.807, 2.05) is 19.3 Å². The Bertz CT molecular complexity index is 506. The molecular weight excluding hydrogens is 413 g/mol. The van der Waals surface area contributed by atoms with E-state index in [9.17, 15) is 0 Å². The molecule has 6 heteroatoms. The molecule has 1 fully saturated rings. The quantitative estimate of drug-likeness (QED) is 0.306. The van der Waals surface area contributed by atoms with Gasteiger partial charge in [-0.2, -0.15) is 0 Å². The predicted octanol–water partition coefficient (Wildman–Crippen LogP) is 2.94. The van der Waals surface area contributed by atoms with Gasteiger partial charge in [-0.1, -0.05) is 12.5 Å². The number of aliphatic imine (C=N–C) groups is 1. The topological polar surface area (TPSA) is 52.6 Å². The summed E-state index contributed by atoms with van der Waals surface area (Å²) in [6.07, 6.45) is 7.07. The molecule has 0 aromatic carbocycles. The molecule has 24 heavy (non-hydrogen) atoms. The Balaban J connectivity index is 0.00000288. The van der Waals surface area contributed by atoms with Gasteiger partial charge in [-0.25, -0.2) is 0 Å². The largest absolute Gasteiger partial charge is 0.356 e. The van der Waals surface area contributed by atoms with Crippen molar-refractivity contribution in [2.45, 2.75) is 52.1 Å². The van der Waals surface area contributed by atoms with Gasteiger partial charge >= 0.3 is 0 Å². The number of hydrogen-bond acceptors (Lipinski definition) is 3. The third kappa shape index (κ3) is 6.93. The highest BCUT2D eigenvalue weighted by atomic mass is 127. The van der Waals surface area contributed by atoms with E-state index < -0.39 is 0 Å². The fourth-order valence-corrected chi connectivity index (χ4v) is 3.07. The maximum atomic E-state index is 4.40. The molecule has 1 atom stereocenters. The molecule has 0 saturated carbocycles. The summed E-state index contributed by atoms with van der Waals surface area (Å²) in [6.45, 7) is 8.51. The van der Waals surface area contributed by atoms with Crippen molar-refractivity contribution in [3.63, 3.8) is 0 Å². The van der Waals surface area contributed by atoms with Crippen molar-refractivity contribution in [3.05, 3.63) is 29.6 Å². The van der Waals surface area contributed by atoms with Crippen LogP contribution in [-0.4, -0.2) is 48.6 Å². The maximum Gasteiger partial charge on any atom is 0.191 e. The van der Waals surface area contributed by atoms with Gasteiger partial charge in [0.25, 0.3) is 0 Å². The van der Waals surface area contributed by atoms with Crippen LogP contribution in [0.5, 0.6) is 0 Å². The van der Waals surface area contributed by atoms with Crippen LogP contribution < -0.4 is 10.6 Å². The Hall–Kier alpha value is -0.890. The number of hydrogen-bond donors (Lipinski definition) is 2. The lowest BCUT2D eigenvalue weighted by atomic mass is 10.0. The van der Waals surface area contributed by atoms with Crippen molar-refractivity contribution < 1.29 is 0 Å². The third-order valence-corrected chi connectivity index (χ3v) is 4.62. The van der Waals surface area contributed by atoms with Crippen LogP contribution in [-0.2, 0) is 6.54 Å². The van der Waals surface area contributed by atoms with E-state index >= 15 is 0 Å². The minimum atomic E-state index is 0. The van der Waals surface area contributed by atoms with Crippen LogP contribution >= 0.6 is 24.0 Å². The third-order valence-electron chi connectivity index (χ3n) is 4.62. The minimum Gasteiger partial charge on any atom is -0.356 e. The van der Waals surface area contributed by atoms with Gasteiger partial charge in [0.1, 0.15) is 0 Å². The molecule has 1 aromatic rings. The number of pyridine rings is 1. The van der Waals surface area contributed by atoms with E-state index in [0.717, 1.165) is 30.7 Å². The fraction of sp³-hybridized carbons (Fsp3) is 0.667. The zero-order valence-corrected chi connectivity index (χ0v) is 17.5. The Morgan fingerprint density at radius 2 is 2.21 bits per heavy atom. The number of halogens is 1. The molecule has 136 valence electrons. The zero-order valence-electron chi connectivity index (χ0n) is 15.2. The molecule has 1 aliphatic rings. The number of rotatable bonds is 6. The number of aromatic nitrogens is 1. The van der Waals surface area contributed by atoms with E-state index in [-0.39, 0.29) is 24.0 Å². The smallest absolute Gasteiger partial charge is 0.191 e. The number of piperidine rings is 1. The second-order valence-corrected chi connectivity index (χ2v) is 6.35. The summed E-state index contributed by atoms with van der Waals surface area (Å²) >= 11 is 0. The maximum absolute atomic E-state index is 4.40. The second-order valence-electron chi connectivity index (χ2n) is 6.35. The normalized spacial score (nSPS) is 18.8. The summed E-state index contributed by atoms with van der Waals surface area (Å²) in [5.74, 6) is 0.849. The van der Waals surface area contributed by atoms with Crippen molar-refractivity contribution in [2.75, 3.05) is 26.7 Å². The van der Waals surface area contributed by atoms with Crippen LogP contribution in [0, 0.1) is 6.92 Å². The molecule has 5 nitrogen and oxygen atoms in total. The Morgan fingerprint density at radius 3 is 2.92 bits per heavy atom. The second kappa shape index (κ2) is 11.6. The molecule has 2 rings (SSSR count). The summed E-state index contributed by atoms with van der Waals surface area (Å²) in [4.78, 5) is 11.3. The van der Waals surface area contributed by atoms with Gasteiger partial charge in [0.15, 0.2) is 5.96 Å². The summed E-state index contributed by atoms with van der Waals surface area (Å²) < 4.78 is 0. The highest BCUT2D eigenvalue weighted by Gasteiger charge is 2.17. The molecule has 2 heterocycles. The fourth-order valence-electron chi connectivity index (χ4n) is 3.07. The average Bonchev–Trinajstić information content (AvgIpc) is 2.57. The first kappa shape index (κ1) is 21.2. The molecule has 0 amide bonds. The van der Waals surface area contributed by atoms with Gasteiger partial charge < -0.3 is 15.5 Å². The van der Waals surface area contributed by atoms with Gasteiger partial charge in [0, 0.05) is 32.4 Å². The first-order valence-electron chi connectivity index (χ1n) is 8.79. The molecule has 0 aliphatic carbocycles. The van der Waals surface area contributed by atoms with Crippen molar-refractivity contribution in [1.29, 1.82) is 0 Å². The molecule has 0 radical (unpaired) electrons. The van der Waals surface area contributed by atoms with Gasteiger partial charge in [-0.3, -0.25) is 9.98 Å². The lowest BCUT2D eigenvalue weighted by molar-refractivity contribution is 0.159. The Kier molecular flexibility index (Phi) is 10.2. The van der Waals surface area contributed by atoms with Crippen LogP contribution in [0.15, 0.2) is 23.3 Å². The molecule has 2 N–H and O–H groups in total. The van der Waals surface area contributed by atoms with E-state index in [1.165, 1.54) is 37.9 Å². The summed E-state index contributed by atoms with van der Waals surface area (Å²) in [6, 6.07) is 4.79. The monoisotopic (exact) mass is 445 g/mol. The van der Waals surface area contributed by atoms with Gasteiger partial charge in [-0.15, -0.1) is 24.0 Å². The highest BCUT2D eigenvalue weighted by Crippen LogP contribution is 2.15. The van der Waals surface area contributed by atoms with Crippen LogP contribution in [0.25, 0.3) is 0 Å². The minimum absolute atomic E-state index is 0. The molecule has 0 spiro atoms. The Morgan fingerprint density at radius 1 is 1.38 bits per heavy atom. The Labute approximate surface area is 163 Å². The lowest BCUT2D eigenvalue weighted by Gasteiger charge is -2.33. The van der Waals surface area contributed by atoms with Gasteiger partial charge in [-0.05, 0) is 51.3 Å². The molecule has 1 saturated heterocycles. The van der Waals surface area contributed by atoms with Gasteiger partial charge in [0.05, 0.1) is 12.2 Å². The van der Waals surface area contributed by atoms with Crippen LogP contribution in [0.2, 0.25) is 0 Å². The van der Waals surface area contributed by atoms with E-state index in [4.69, 9.17) is 0 Å². The van der Waals surface area contributed by atoms with Crippen molar-refractivity contribution in [3.8, 4) is 0 Å². The predicted molar refractivity (Wildman–Crippen MR) is 112 cm³/mol. The molecule has 0 bridgehead atoms. The molecule has 1 unspecified atom stereocenters. The molecule has 1 aromatic heterocycles. The first-order valence-corrected chi connectivity index (χ1v) is 8.79. The first-order chi connectivity index (χ1) is 11.2. The van der Waals surface area contributed by atoms with E-state index in [1.54, 1.807) is 0 Å². The van der Waals surface area contributed by atoms with Crippen LogP contribution in [0.4, 0.5) is 0 Å². The molecule has 1 aliphatic heterocycles. The standard InChI is InChI=1S/C18H31N5.HI/c1-15-8-6-10-20-17(15)14-22-18(19-3)21-11-7-13-23-12-5-4-9-16(23)2;/h6,8,10,16H,4-5,7,9,11-14H2,1-3H3,(H2,19,21,22);1H. The summed E-state index contributed by atoms with van der Waals surface area (Å²) in [5.41, 5.74) is 2.27. The number of aryl methyl sites for hydroxylation is 1. The van der Waals surface area contributed by atoms with Crippen molar-refractivity contribution >= 4 is 29.9 Å². The lowest BCUT2D eigenvalue weighted by Crippen LogP contribution is -2.41. The number of nitrogens with one attached hydrogen (secondary N) is 2. The van der Waals surface area contributed by atoms with E-state index in [2.05, 4.69) is 45.4 Å². The number of likely N-dealkylation sites (tertiary alicyclic amines) is 1.